The highest BCUT2D eigenvalue weighted by atomic mass is 35.5. The minimum Gasteiger partial charge on any atom is -0.493 e. The van der Waals surface area contributed by atoms with E-state index in [2.05, 4.69) is 0 Å². The molecule has 0 aliphatic rings. The lowest BCUT2D eigenvalue weighted by Gasteiger charge is -2.13. The fourth-order valence-corrected chi connectivity index (χ4v) is 1.84. The lowest BCUT2D eigenvalue weighted by atomic mass is 10.1. The standard InChI is InChI=1S/C13H17ClO4/c1-16-10-7-9(5-4-6-12(14)15)8-11(17-2)13(10)18-3/h7-8H,4-6H2,1-3H3. The van der Waals surface area contributed by atoms with Crippen molar-refractivity contribution in [3.63, 3.8) is 0 Å². The summed E-state index contributed by atoms with van der Waals surface area (Å²) in [4.78, 5) is 10.7. The number of ether oxygens (including phenoxy) is 3. The van der Waals surface area contributed by atoms with Crippen molar-refractivity contribution in [2.75, 3.05) is 21.3 Å². The third kappa shape index (κ3) is 3.81. The Morgan fingerprint density at radius 2 is 1.67 bits per heavy atom. The van der Waals surface area contributed by atoms with Gasteiger partial charge in [-0.3, -0.25) is 4.79 Å². The number of halogens is 1. The van der Waals surface area contributed by atoms with Crippen LogP contribution in [0, 0.1) is 0 Å². The first-order valence-corrected chi connectivity index (χ1v) is 5.97. The molecule has 0 spiro atoms. The summed E-state index contributed by atoms with van der Waals surface area (Å²) in [6.07, 6.45) is 1.79. The second kappa shape index (κ2) is 7.11. The van der Waals surface area contributed by atoms with Crippen LogP contribution in [0.1, 0.15) is 18.4 Å². The molecule has 0 radical (unpaired) electrons. The van der Waals surface area contributed by atoms with E-state index in [4.69, 9.17) is 25.8 Å². The van der Waals surface area contributed by atoms with Gasteiger partial charge in [0.25, 0.3) is 0 Å². The first kappa shape index (κ1) is 14.6. The SMILES string of the molecule is COc1cc(CCCC(=O)Cl)cc(OC)c1OC. The van der Waals surface area contributed by atoms with Crippen molar-refractivity contribution in [2.24, 2.45) is 0 Å². The largest absolute Gasteiger partial charge is 0.493 e. The van der Waals surface area contributed by atoms with E-state index < -0.39 is 0 Å². The zero-order valence-electron chi connectivity index (χ0n) is 10.8. The van der Waals surface area contributed by atoms with Gasteiger partial charge in [0.15, 0.2) is 11.5 Å². The van der Waals surface area contributed by atoms with Gasteiger partial charge in [0, 0.05) is 6.42 Å². The number of methoxy groups -OCH3 is 3. The molecule has 0 aliphatic heterocycles. The van der Waals surface area contributed by atoms with Gasteiger partial charge >= 0.3 is 0 Å². The van der Waals surface area contributed by atoms with E-state index in [-0.39, 0.29) is 5.24 Å². The van der Waals surface area contributed by atoms with Crippen molar-refractivity contribution in [3.05, 3.63) is 17.7 Å². The van der Waals surface area contributed by atoms with E-state index >= 15 is 0 Å². The number of benzene rings is 1. The van der Waals surface area contributed by atoms with E-state index in [1.807, 2.05) is 12.1 Å². The molecule has 0 aliphatic carbocycles. The van der Waals surface area contributed by atoms with Crippen LogP contribution < -0.4 is 14.2 Å². The second-order valence-corrected chi connectivity index (χ2v) is 4.16. The summed E-state index contributed by atoms with van der Waals surface area (Å²) in [5, 5.41) is -0.317. The van der Waals surface area contributed by atoms with Crippen LogP contribution in [0.4, 0.5) is 0 Å². The molecule has 1 aromatic carbocycles. The first-order valence-electron chi connectivity index (χ1n) is 5.59. The predicted octanol–water partition coefficient (Wildman–Crippen LogP) is 2.80. The van der Waals surface area contributed by atoms with Gasteiger partial charge in [-0.2, -0.15) is 0 Å². The number of carbonyl (C=O) groups is 1. The van der Waals surface area contributed by atoms with Crippen molar-refractivity contribution in [1.82, 2.24) is 0 Å². The van der Waals surface area contributed by atoms with Gasteiger partial charge in [-0.05, 0) is 42.1 Å². The lowest BCUT2D eigenvalue weighted by molar-refractivity contribution is -0.111. The summed E-state index contributed by atoms with van der Waals surface area (Å²) in [7, 11) is 4.71. The molecule has 1 aromatic rings. The molecular weight excluding hydrogens is 256 g/mol. The summed E-state index contributed by atoms with van der Waals surface area (Å²) >= 11 is 5.30. The Balaban J connectivity index is 2.89. The summed E-state index contributed by atoms with van der Waals surface area (Å²) in [5.41, 5.74) is 1.02. The summed E-state index contributed by atoms with van der Waals surface area (Å²) in [6, 6.07) is 3.75. The van der Waals surface area contributed by atoms with Crippen LogP contribution in [0.3, 0.4) is 0 Å². The van der Waals surface area contributed by atoms with Gasteiger partial charge in [-0.15, -0.1) is 0 Å². The van der Waals surface area contributed by atoms with Crippen LogP contribution in [0.15, 0.2) is 12.1 Å². The fraction of sp³-hybridized carbons (Fsp3) is 0.462. The maximum Gasteiger partial charge on any atom is 0.221 e. The van der Waals surface area contributed by atoms with E-state index in [0.717, 1.165) is 12.0 Å². The molecule has 0 amide bonds. The Kier molecular flexibility index (Phi) is 5.78. The molecule has 18 heavy (non-hydrogen) atoms. The van der Waals surface area contributed by atoms with Gasteiger partial charge in [-0.1, -0.05) is 0 Å². The van der Waals surface area contributed by atoms with Crippen LogP contribution in [0.5, 0.6) is 17.2 Å². The van der Waals surface area contributed by atoms with E-state index in [0.29, 0.717) is 30.1 Å². The molecular formula is C13H17ClO4. The molecule has 100 valence electrons. The highest BCUT2D eigenvalue weighted by Gasteiger charge is 2.13. The predicted molar refractivity (Wildman–Crippen MR) is 69.9 cm³/mol. The van der Waals surface area contributed by atoms with Gasteiger partial charge in [0.2, 0.25) is 11.0 Å². The third-order valence-electron chi connectivity index (χ3n) is 2.56. The average molecular weight is 273 g/mol. The monoisotopic (exact) mass is 272 g/mol. The van der Waals surface area contributed by atoms with Crippen molar-refractivity contribution >= 4 is 16.8 Å². The normalized spacial score (nSPS) is 10.0. The first-order chi connectivity index (χ1) is 8.62. The molecule has 1 rings (SSSR count). The Hall–Kier alpha value is -1.42. The Labute approximate surface area is 112 Å². The summed E-state index contributed by atoms with van der Waals surface area (Å²) in [6.45, 7) is 0. The van der Waals surface area contributed by atoms with Crippen molar-refractivity contribution < 1.29 is 19.0 Å². The Bertz CT molecular complexity index is 392. The number of hydrogen-bond donors (Lipinski definition) is 0. The molecule has 5 heteroatoms. The average Bonchev–Trinajstić information content (AvgIpc) is 2.36. The van der Waals surface area contributed by atoms with Crippen LogP contribution in [-0.4, -0.2) is 26.6 Å². The van der Waals surface area contributed by atoms with E-state index in [1.165, 1.54) is 0 Å². The maximum atomic E-state index is 10.7. The fourth-order valence-electron chi connectivity index (χ4n) is 1.71. The molecule has 4 nitrogen and oxygen atoms in total. The third-order valence-corrected chi connectivity index (χ3v) is 2.75. The molecule has 0 atom stereocenters. The second-order valence-electron chi connectivity index (χ2n) is 3.74. The van der Waals surface area contributed by atoms with Crippen molar-refractivity contribution in [3.8, 4) is 17.2 Å². The minimum absolute atomic E-state index is 0.317. The van der Waals surface area contributed by atoms with Crippen LogP contribution in [-0.2, 0) is 11.2 Å². The van der Waals surface area contributed by atoms with Gasteiger partial charge in [0.05, 0.1) is 21.3 Å². The molecule has 0 unspecified atom stereocenters. The van der Waals surface area contributed by atoms with Gasteiger partial charge < -0.3 is 14.2 Å². The van der Waals surface area contributed by atoms with Gasteiger partial charge in [-0.25, -0.2) is 0 Å². The van der Waals surface area contributed by atoms with E-state index in [1.54, 1.807) is 21.3 Å². The minimum atomic E-state index is -0.317. The van der Waals surface area contributed by atoms with Crippen LogP contribution in [0.25, 0.3) is 0 Å². The molecule has 0 N–H and O–H groups in total. The molecule has 0 aromatic heterocycles. The Morgan fingerprint density at radius 1 is 1.11 bits per heavy atom. The van der Waals surface area contributed by atoms with Crippen molar-refractivity contribution in [1.29, 1.82) is 0 Å². The summed E-state index contributed by atoms with van der Waals surface area (Å²) in [5.74, 6) is 1.80. The molecule has 0 fully saturated rings. The number of rotatable bonds is 7. The highest BCUT2D eigenvalue weighted by molar-refractivity contribution is 6.63. The molecule has 0 bridgehead atoms. The molecule has 0 saturated heterocycles. The zero-order chi connectivity index (χ0) is 13.5. The maximum absolute atomic E-state index is 10.7. The number of carbonyl (C=O) groups excluding carboxylic acids is 1. The van der Waals surface area contributed by atoms with Gasteiger partial charge in [0.1, 0.15) is 0 Å². The van der Waals surface area contributed by atoms with Crippen LogP contribution in [0.2, 0.25) is 0 Å². The number of aryl methyl sites for hydroxylation is 1. The zero-order valence-corrected chi connectivity index (χ0v) is 11.5. The number of hydrogen-bond acceptors (Lipinski definition) is 4. The van der Waals surface area contributed by atoms with E-state index in [9.17, 15) is 4.79 Å². The summed E-state index contributed by atoms with van der Waals surface area (Å²) < 4.78 is 15.7. The topological polar surface area (TPSA) is 44.8 Å². The molecule has 0 saturated carbocycles. The quantitative estimate of drug-likeness (QED) is 0.716. The Morgan fingerprint density at radius 3 is 2.06 bits per heavy atom. The van der Waals surface area contributed by atoms with Crippen molar-refractivity contribution in [2.45, 2.75) is 19.3 Å². The smallest absolute Gasteiger partial charge is 0.221 e. The lowest BCUT2D eigenvalue weighted by Crippen LogP contribution is -1.98. The highest BCUT2D eigenvalue weighted by Crippen LogP contribution is 2.38. The molecule has 0 heterocycles. The van der Waals surface area contributed by atoms with Crippen LogP contribution >= 0.6 is 11.6 Å².